The molecule has 2 amide bonds. The van der Waals surface area contributed by atoms with Crippen LogP contribution < -0.4 is 10.2 Å². The topological polar surface area (TPSA) is 75.2 Å². The van der Waals surface area contributed by atoms with Crippen molar-refractivity contribution in [3.63, 3.8) is 0 Å². The highest BCUT2D eigenvalue weighted by atomic mass is 35.5. The van der Waals surface area contributed by atoms with Gasteiger partial charge in [0.15, 0.2) is 0 Å². The lowest BCUT2D eigenvalue weighted by Crippen LogP contribution is -2.24. The number of nitrogens with zero attached hydrogens (tertiary/aromatic N) is 3. The van der Waals surface area contributed by atoms with Gasteiger partial charge in [0.05, 0.1) is 6.42 Å². The zero-order valence-corrected chi connectivity index (χ0v) is 18.0. The second-order valence-corrected chi connectivity index (χ2v) is 8.67. The van der Waals surface area contributed by atoms with Crippen LogP contribution >= 0.6 is 22.9 Å². The number of anilines is 2. The highest BCUT2D eigenvalue weighted by Gasteiger charge is 2.34. The number of rotatable bonds is 6. The third-order valence-electron chi connectivity index (χ3n) is 5.10. The van der Waals surface area contributed by atoms with Crippen molar-refractivity contribution < 1.29 is 9.59 Å². The van der Waals surface area contributed by atoms with Gasteiger partial charge in [-0.3, -0.25) is 9.59 Å². The standard InChI is InChI=1S/C22H21ClN4O2S/c1-2-14-5-9-18(10-6-14)27-13-16(12-20(27)29)21-25-26-22(30-21)24-19(28)11-15-3-7-17(23)8-4-15/h3-10,16H,2,11-13H2,1H3,(H,24,26,28). The van der Waals surface area contributed by atoms with E-state index in [0.29, 0.717) is 23.1 Å². The summed E-state index contributed by atoms with van der Waals surface area (Å²) in [6.07, 6.45) is 1.59. The van der Waals surface area contributed by atoms with Crippen molar-refractivity contribution in [2.24, 2.45) is 0 Å². The van der Waals surface area contributed by atoms with Gasteiger partial charge in [0.25, 0.3) is 0 Å². The van der Waals surface area contributed by atoms with E-state index in [0.717, 1.165) is 22.7 Å². The van der Waals surface area contributed by atoms with Crippen LogP contribution in [0.25, 0.3) is 0 Å². The summed E-state index contributed by atoms with van der Waals surface area (Å²) < 4.78 is 0. The Morgan fingerprint density at radius 2 is 1.83 bits per heavy atom. The Morgan fingerprint density at radius 3 is 2.53 bits per heavy atom. The van der Waals surface area contributed by atoms with Gasteiger partial charge in [0.1, 0.15) is 5.01 Å². The highest BCUT2D eigenvalue weighted by Crippen LogP contribution is 2.34. The molecule has 4 rings (SSSR count). The summed E-state index contributed by atoms with van der Waals surface area (Å²) in [6, 6.07) is 15.2. The monoisotopic (exact) mass is 440 g/mol. The number of halogens is 1. The molecule has 1 saturated heterocycles. The molecule has 8 heteroatoms. The predicted molar refractivity (Wildman–Crippen MR) is 119 cm³/mol. The Labute approximate surface area is 183 Å². The molecule has 154 valence electrons. The zero-order chi connectivity index (χ0) is 21.1. The molecular formula is C22H21ClN4O2S. The van der Waals surface area contributed by atoms with E-state index in [1.54, 1.807) is 17.0 Å². The van der Waals surface area contributed by atoms with E-state index < -0.39 is 0 Å². The molecule has 2 aromatic carbocycles. The lowest BCUT2D eigenvalue weighted by molar-refractivity contribution is -0.117. The Balaban J connectivity index is 1.38. The maximum Gasteiger partial charge on any atom is 0.230 e. The Bertz CT molecular complexity index is 1050. The summed E-state index contributed by atoms with van der Waals surface area (Å²) >= 11 is 7.19. The molecule has 0 radical (unpaired) electrons. The van der Waals surface area contributed by atoms with Crippen LogP contribution in [0.15, 0.2) is 48.5 Å². The Hall–Kier alpha value is -2.77. The van der Waals surface area contributed by atoms with Gasteiger partial charge in [-0.1, -0.05) is 54.1 Å². The number of aromatic nitrogens is 2. The summed E-state index contributed by atoms with van der Waals surface area (Å²) in [5.41, 5.74) is 3.01. The number of carbonyl (C=O) groups is 2. The number of carbonyl (C=O) groups excluding carboxylic acids is 2. The van der Waals surface area contributed by atoms with Crippen LogP contribution in [0.3, 0.4) is 0 Å². The summed E-state index contributed by atoms with van der Waals surface area (Å²) in [7, 11) is 0. The number of aryl methyl sites for hydroxylation is 1. The molecular weight excluding hydrogens is 420 g/mol. The van der Waals surface area contributed by atoms with E-state index in [4.69, 9.17) is 11.6 Å². The van der Waals surface area contributed by atoms with Crippen LogP contribution in [-0.2, 0) is 22.4 Å². The molecule has 1 atom stereocenters. The van der Waals surface area contributed by atoms with E-state index in [9.17, 15) is 9.59 Å². The van der Waals surface area contributed by atoms with Gasteiger partial charge in [0.2, 0.25) is 16.9 Å². The van der Waals surface area contributed by atoms with Gasteiger partial charge in [-0.15, -0.1) is 10.2 Å². The molecule has 30 heavy (non-hydrogen) atoms. The number of hydrogen-bond donors (Lipinski definition) is 1. The zero-order valence-electron chi connectivity index (χ0n) is 16.5. The highest BCUT2D eigenvalue weighted by molar-refractivity contribution is 7.15. The molecule has 2 heterocycles. The Kier molecular flexibility index (Phi) is 6.11. The molecule has 0 bridgehead atoms. The average Bonchev–Trinajstić information content (AvgIpc) is 3.36. The van der Waals surface area contributed by atoms with E-state index in [2.05, 4.69) is 34.6 Å². The van der Waals surface area contributed by atoms with Gasteiger partial charge >= 0.3 is 0 Å². The van der Waals surface area contributed by atoms with E-state index in [1.807, 2.05) is 24.3 Å². The van der Waals surface area contributed by atoms with E-state index in [-0.39, 0.29) is 24.2 Å². The van der Waals surface area contributed by atoms with Crippen LogP contribution in [0.4, 0.5) is 10.8 Å². The fourth-order valence-electron chi connectivity index (χ4n) is 3.44. The predicted octanol–water partition coefficient (Wildman–Crippen LogP) is 4.46. The molecule has 3 aromatic rings. The third kappa shape index (κ3) is 4.68. The van der Waals surface area contributed by atoms with Crippen LogP contribution in [-0.4, -0.2) is 28.6 Å². The molecule has 1 aromatic heterocycles. The molecule has 1 N–H and O–H groups in total. The van der Waals surface area contributed by atoms with Crippen LogP contribution in [0.2, 0.25) is 5.02 Å². The molecule has 0 spiro atoms. The molecule has 1 aliphatic heterocycles. The Morgan fingerprint density at radius 1 is 1.13 bits per heavy atom. The van der Waals surface area contributed by atoms with Crippen LogP contribution in [0.1, 0.15) is 35.4 Å². The first-order valence-electron chi connectivity index (χ1n) is 9.79. The molecule has 0 aliphatic carbocycles. The minimum atomic E-state index is -0.167. The number of benzene rings is 2. The maximum absolute atomic E-state index is 12.5. The van der Waals surface area contributed by atoms with Crippen molar-refractivity contribution in [2.75, 3.05) is 16.8 Å². The normalized spacial score (nSPS) is 16.1. The van der Waals surface area contributed by atoms with Gasteiger partial charge in [-0.2, -0.15) is 0 Å². The largest absolute Gasteiger partial charge is 0.312 e. The minimum absolute atomic E-state index is 0.0252. The quantitative estimate of drug-likeness (QED) is 0.614. The molecule has 6 nitrogen and oxygen atoms in total. The van der Waals surface area contributed by atoms with Crippen molar-refractivity contribution in [1.82, 2.24) is 10.2 Å². The van der Waals surface area contributed by atoms with Crippen LogP contribution in [0, 0.1) is 0 Å². The smallest absolute Gasteiger partial charge is 0.230 e. The van der Waals surface area contributed by atoms with Crippen molar-refractivity contribution in [1.29, 1.82) is 0 Å². The maximum atomic E-state index is 12.5. The third-order valence-corrected chi connectivity index (χ3v) is 6.35. The lowest BCUT2D eigenvalue weighted by Gasteiger charge is -2.16. The summed E-state index contributed by atoms with van der Waals surface area (Å²) in [5, 5.41) is 12.9. The van der Waals surface area contributed by atoms with Gasteiger partial charge < -0.3 is 10.2 Å². The molecule has 1 aliphatic rings. The first-order valence-corrected chi connectivity index (χ1v) is 11.0. The summed E-state index contributed by atoms with van der Waals surface area (Å²) in [4.78, 5) is 26.6. The van der Waals surface area contributed by atoms with Crippen molar-refractivity contribution in [2.45, 2.75) is 32.1 Å². The molecule has 1 unspecified atom stereocenters. The van der Waals surface area contributed by atoms with Crippen LogP contribution in [0.5, 0.6) is 0 Å². The average molecular weight is 441 g/mol. The number of nitrogens with one attached hydrogen (secondary N) is 1. The fraction of sp³-hybridized carbons (Fsp3) is 0.273. The second-order valence-electron chi connectivity index (χ2n) is 7.22. The SMILES string of the molecule is CCc1ccc(N2CC(c3nnc(NC(=O)Cc4ccc(Cl)cc4)s3)CC2=O)cc1. The molecule has 1 fully saturated rings. The summed E-state index contributed by atoms with van der Waals surface area (Å²) in [6.45, 7) is 2.67. The molecule has 0 saturated carbocycles. The number of amides is 2. The van der Waals surface area contributed by atoms with Gasteiger partial charge in [0, 0.05) is 29.6 Å². The first kappa shape index (κ1) is 20.5. The fourth-order valence-corrected chi connectivity index (χ4v) is 4.41. The second kappa shape index (κ2) is 8.93. The van der Waals surface area contributed by atoms with E-state index in [1.165, 1.54) is 16.9 Å². The van der Waals surface area contributed by atoms with Gasteiger partial charge in [-0.05, 0) is 41.8 Å². The van der Waals surface area contributed by atoms with Gasteiger partial charge in [-0.25, -0.2) is 0 Å². The minimum Gasteiger partial charge on any atom is -0.312 e. The van der Waals surface area contributed by atoms with Crippen molar-refractivity contribution >= 4 is 45.6 Å². The van der Waals surface area contributed by atoms with E-state index >= 15 is 0 Å². The summed E-state index contributed by atoms with van der Waals surface area (Å²) in [5.74, 6) is -0.115. The van der Waals surface area contributed by atoms with Crippen molar-refractivity contribution in [3.05, 3.63) is 69.7 Å². The first-order chi connectivity index (χ1) is 14.5. The number of hydrogen-bond acceptors (Lipinski definition) is 5. The van der Waals surface area contributed by atoms with Crippen molar-refractivity contribution in [3.8, 4) is 0 Å². The lowest BCUT2D eigenvalue weighted by atomic mass is 10.1.